The van der Waals surface area contributed by atoms with Crippen molar-refractivity contribution in [1.82, 2.24) is 10.6 Å². The minimum absolute atomic E-state index is 0.00351. The first-order valence-corrected chi connectivity index (χ1v) is 9.37. The Hall–Kier alpha value is -2.61. The summed E-state index contributed by atoms with van der Waals surface area (Å²) in [5.74, 6) is -1.94. The van der Waals surface area contributed by atoms with Crippen molar-refractivity contribution in [3.8, 4) is 0 Å². The molecule has 1 aromatic heterocycles. The highest BCUT2D eigenvalue weighted by Crippen LogP contribution is 2.12. The lowest BCUT2D eigenvalue weighted by molar-refractivity contribution is -0.121. The minimum Gasteiger partial charge on any atom is -0.356 e. The molecule has 144 valence electrons. The summed E-state index contributed by atoms with van der Waals surface area (Å²) in [5, 5.41) is 7.07. The van der Waals surface area contributed by atoms with Crippen LogP contribution in [0.1, 0.15) is 34.5 Å². The van der Waals surface area contributed by atoms with Crippen molar-refractivity contribution in [2.45, 2.75) is 25.7 Å². The maximum absolute atomic E-state index is 13.5. The Kier molecular flexibility index (Phi) is 8.06. The van der Waals surface area contributed by atoms with Crippen molar-refractivity contribution in [2.75, 3.05) is 13.1 Å². The fourth-order valence-electron chi connectivity index (χ4n) is 2.33. The molecule has 0 atom stereocenters. The van der Waals surface area contributed by atoms with E-state index in [1.165, 1.54) is 11.3 Å². The molecular formula is C19H20F2N2O3S. The van der Waals surface area contributed by atoms with Crippen LogP contribution in [0.25, 0.3) is 0 Å². The Morgan fingerprint density at radius 3 is 2.41 bits per heavy atom. The van der Waals surface area contributed by atoms with E-state index in [0.717, 1.165) is 18.2 Å². The van der Waals surface area contributed by atoms with E-state index in [1.807, 2.05) is 5.38 Å². The second kappa shape index (κ2) is 10.5. The lowest BCUT2D eigenvalue weighted by Gasteiger charge is -2.07. The first-order chi connectivity index (χ1) is 13.0. The zero-order valence-corrected chi connectivity index (χ0v) is 15.4. The second-order valence-corrected chi connectivity index (χ2v) is 6.81. The Balaban J connectivity index is 1.57. The summed E-state index contributed by atoms with van der Waals surface area (Å²) in [5.41, 5.74) is -0.00351. The summed E-state index contributed by atoms with van der Waals surface area (Å²) in [4.78, 5) is 35.9. The third-order valence-corrected chi connectivity index (χ3v) is 4.64. The average molecular weight is 394 g/mol. The number of hydrogen-bond acceptors (Lipinski definition) is 4. The highest BCUT2D eigenvalue weighted by Gasteiger charge is 2.11. The smallest absolute Gasteiger partial charge is 0.224 e. The zero-order chi connectivity index (χ0) is 19.6. The van der Waals surface area contributed by atoms with E-state index in [1.54, 1.807) is 12.1 Å². The van der Waals surface area contributed by atoms with E-state index < -0.39 is 17.5 Å². The number of Topliss-reactive ketones (excluding diaryl/α,β-unsaturated/α-hetero) is 1. The molecule has 0 saturated heterocycles. The lowest BCUT2D eigenvalue weighted by Crippen LogP contribution is -2.30. The highest BCUT2D eigenvalue weighted by atomic mass is 32.1. The van der Waals surface area contributed by atoms with Crippen LogP contribution >= 0.6 is 11.3 Å². The van der Waals surface area contributed by atoms with Gasteiger partial charge in [0.1, 0.15) is 11.6 Å². The SMILES string of the molecule is O=C(CCC(=O)c1cccs1)NCCCNC(=O)Cc1cc(F)ccc1F. The first kappa shape index (κ1) is 20.7. The number of ketones is 1. The van der Waals surface area contributed by atoms with Crippen LogP contribution in [0.3, 0.4) is 0 Å². The quantitative estimate of drug-likeness (QED) is 0.481. The summed E-state index contributed by atoms with van der Waals surface area (Å²) in [6, 6.07) is 6.48. The van der Waals surface area contributed by atoms with Gasteiger partial charge < -0.3 is 10.6 Å². The first-order valence-electron chi connectivity index (χ1n) is 8.49. The van der Waals surface area contributed by atoms with Crippen LogP contribution in [0, 0.1) is 11.6 Å². The van der Waals surface area contributed by atoms with Gasteiger partial charge in [0, 0.05) is 31.5 Å². The Morgan fingerprint density at radius 2 is 1.70 bits per heavy atom. The van der Waals surface area contributed by atoms with Gasteiger partial charge in [0.15, 0.2) is 5.78 Å². The molecular weight excluding hydrogens is 374 g/mol. The number of halogens is 2. The van der Waals surface area contributed by atoms with E-state index in [0.29, 0.717) is 24.4 Å². The molecule has 0 radical (unpaired) electrons. The molecule has 0 aliphatic heterocycles. The second-order valence-electron chi connectivity index (χ2n) is 5.87. The number of carbonyl (C=O) groups is 3. The van der Waals surface area contributed by atoms with Gasteiger partial charge in [-0.1, -0.05) is 6.07 Å². The molecule has 27 heavy (non-hydrogen) atoms. The summed E-state index contributed by atoms with van der Waals surface area (Å²) in [6.45, 7) is 0.644. The van der Waals surface area contributed by atoms with Gasteiger partial charge in [-0.3, -0.25) is 14.4 Å². The number of rotatable bonds is 10. The number of thiophene rings is 1. The van der Waals surface area contributed by atoms with Gasteiger partial charge >= 0.3 is 0 Å². The van der Waals surface area contributed by atoms with E-state index in [9.17, 15) is 23.2 Å². The summed E-state index contributed by atoms with van der Waals surface area (Å²) in [6.07, 6.45) is 0.507. The van der Waals surface area contributed by atoms with Crippen molar-refractivity contribution in [2.24, 2.45) is 0 Å². The molecule has 1 heterocycles. The van der Waals surface area contributed by atoms with Crippen molar-refractivity contribution in [1.29, 1.82) is 0 Å². The molecule has 0 saturated carbocycles. The predicted molar refractivity (Wildman–Crippen MR) is 98.6 cm³/mol. The van der Waals surface area contributed by atoms with Gasteiger partial charge in [-0.15, -0.1) is 11.3 Å². The maximum Gasteiger partial charge on any atom is 0.224 e. The number of carbonyl (C=O) groups excluding carboxylic acids is 3. The third-order valence-electron chi connectivity index (χ3n) is 3.73. The Bertz CT molecular complexity index is 794. The van der Waals surface area contributed by atoms with Crippen LogP contribution in [0.15, 0.2) is 35.7 Å². The van der Waals surface area contributed by atoms with E-state index in [2.05, 4.69) is 10.6 Å². The van der Waals surface area contributed by atoms with Gasteiger partial charge in [0.05, 0.1) is 11.3 Å². The van der Waals surface area contributed by atoms with Crippen LogP contribution in [0.2, 0.25) is 0 Å². The predicted octanol–water partition coefficient (Wildman–Crippen LogP) is 2.85. The summed E-state index contributed by atoms with van der Waals surface area (Å²) >= 11 is 1.35. The standard InChI is InChI=1S/C19H20F2N2O3S/c20-14-4-5-15(21)13(11-14)12-19(26)23-9-2-8-22-18(25)7-6-16(24)17-3-1-10-27-17/h1,3-5,10-11H,2,6-9,12H2,(H,22,25)(H,23,26). The van der Waals surface area contributed by atoms with Gasteiger partial charge in [0.2, 0.25) is 11.8 Å². The van der Waals surface area contributed by atoms with Gasteiger partial charge in [-0.2, -0.15) is 0 Å². The van der Waals surface area contributed by atoms with Gasteiger partial charge in [-0.25, -0.2) is 8.78 Å². The maximum atomic E-state index is 13.5. The molecule has 5 nitrogen and oxygen atoms in total. The van der Waals surface area contributed by atoms with Crippen LogP contribution in [-0.2, 0) is 16.0 Å². The molecule has 0 spiro atoms. The molecule has 2 rings (SSSR count). The highest BCUT2D eigenvalue weighted by molar-refractivity contribution is 7.12. The van der Waals surface area contributed by atoms with Crippen molar-refractivity contribution < 1.29 is 23.2 Å². The monoisotopic (exact) mass is 394 g/mol. The number of nitrogens with one attached hydrogen (secondary N) is 2. The number of hydrogen-bond donors (Lipinski definition) is 2. The molecule has 8 heteroatoms. The van der Waals surface area contributed by atoms with E-state index in [4.69, 9.17) is 0 Å². The molecule has 0 aliphatic rings. The van der Waals surface area contributed by atoms with E-state index >= 15 is 0 Å². The molecule has 2 N–H and O–H groups in total. The fourth-order valence-corrected chi connectivity index (χ4v) is 3.03. The van der Waals surface area contributed by atoms with Gasteiger partial charge in [0.25, 0.3) is 0 Å². The van der Waals surface area contributed by atoms with Crippen LogP contribution in [-0.4, -0.2) is 30.7 Å². The molecule has 2 amide bonds. The third kappa shape index (κ3) is 7.26. The van der Waals surface area contributed by atoms with Crippen LogP contribution in [0.5, 0.6) is 0 Å². The molecule has 1 aromatic carbocycles. The number of amides is 2. The largest absolute Gasteiger partial charge is 0.356 e. The Morgan fingerprint density at radius 1 is 0.963 bits per heavy atom. The molecule has 0 fully saturated rings. The normalized spacial score (nSPS) is 10.4. The molecule has 0 aliphatic carbocycles. The summed E-state index contributed by atoms with van der Waals surface area (Å²) < 4.78 is 26.5. The molecule has 0 bridgehead atoms. The van der Waals surface area contributed by atoms with Crippen molar-refractivity contribution in [3.05, 3.63) is 57.8 Å². The average Bonchev–Trinajstić information content (AvgIpc) is 3.17. The topological polar surface area (TPSA) is 75.3 Å². The zero-order valence-electron chi connectivity index (χ0n) is 14.6. The summed E-state index contributed by atoms with van der Waals surface area (Å²) in [7, 11) is 0. The Labute approximate surface area is 159 Å². The minimum atomic E-state index is -0.629. The van der Waals surface area contributed by atoms with Crippen molar-refractivity contribution >= 4 is 28.9 Å². The van der Waals surface area contributed by atoms with E-state index in [-0.39, 0.29) is 36.5 Å². The number of benzene rings is 1. The molecule has 2 aromatic rings. The molecule has 0 unspecified atom stereocenters. The fraction of sp³-hybridized carbons (Fsp3) is 0.316. The van der Waals surface area contributed by atoms with Crippen molar-refractivity contribution in [3.63, 3.8) is 0 Å². The van der Waals surface area contributed by atoms with Gasteiger partial charge in [-0.05, 0) is 36.1 Å². The van der Waals surface area contributed by atoms with Crippen LogP contribution < -0.4 is 10.6 Å². The van der Waals surface area contributed by atoms with Crippen LogP contribution in [0.4, 0.5) is 8.78 Å². The lowest BCUT2D eigenvalue weighted by atomic mass is 10.1.